The molecule has 1 fully saturated rings. The van der Waals surface area contributed by atoms with Crippen LogP contribution in [0, 0.1) is 0 Å². The monoisotopic (exact) mass is 277 g/mol. The van der Waals surface area contributed by atoms with Crippen molar-refractivity contribution in [2.75, 3.05) is 25.1 Å². The first kappa shape index (κ1) is 12.4. The smallest absolute Gasteiger partial charge is 0.337 e. The maximum absolute atomic E-state index is 11.5. The van der Waals surface area contributed by atoms with Crippen molar-refractivity contribution >= 4 is 32.7 Å². The lowest BCUT2D eigenvalue weighted by molar-refractivity contribution is 0.0601. The van der Waals surface area contributed by atoms with Crippen molar-refractivity contribution in [3.8, 4) is 0 Å². The molecule has 1 aliphatic heterocycles. The minimum Gasteiger partial charge on any atom is -0.465 e. The molecular weight excluding hydrogens is 262 g/mol. The molecule has 6 heteroatoms. The van der Waals surface area contributed by atoms with Gasteiger partial charge in [-0.1, -0.05) is 11.3 Å². The number of anilines is 1. The number of esters is 1. The van der Waals surface area contributed by atoms with Crippen LogP contribution in [0.3, 0.4) is 0 Å². The molecule has 2 heterocycles. The van der Waals surface area contributed by atoms with Crippen molar-refractivity contribution in [1.82, 2.24) is 4.98 Å². The number of hydrogen-bond donors (Lipinski definition) is 1. The Kier molecular flexibility index (Phi) is 3.12. The van der Waals surface area contributed by atoms with E-state index in [9.17, 15) is 4.79 Å². The molecule has 2 N–H and O–H groups in total. The minimum atomic E-state index is -0.319. The second-order valence-corrected chi connectivity index (χ2v) is 5.67. The molecule has 1 aromatic heterocycles. The summed E-state index contributed by atoms with van der Waals surface area (Å²) in [6.07, 6.45) is 1.00. The molecule has 19 heavy (non-hydrogen) atoms. The van der Waals surface area contributed by atoms with Crippen LogP contribution in [0.15, 0.2) is 18.2 Å². The molecule has 3 rings (SSSR count). The average Bonchev–Trinajstić information content (AvgIpc) is 3.02. The summed E-state index contributed by atoms with van der Waals surface area (Å²) in [5.74, 6) is -0.319. The fourth-order valence-corrected chi connectivity index (χ4v) is 3.29. The maximum atomic E-state index is 11.5. The van der Waals surface area contributed by atoms with Gasteiger partial charge >= 0.3 is 5.97 Å². The molecule has 1 aliphatic rings. The number of nitrogens with zero attached hydrogens (tertiary/aromatic N) is 2. The number of thiazole rings is 1. The first-order valence-corrected chi connectivity index (χ1v) is 6.98. The zero-order chi connectivity index (χ0) is 13.4. The standard InChI is InChI=1S/C13H15N3O2S/c1-18-12(17)8-2-3-10-11(6-8)19-13(15-10)16-5-4-9(14)7-16/h2-3,6,9H,4-5,7,14H2,1H3. The van der Waals surface area contributed by atoms with Gasteiger partial charge in [-0.15, -0.1) is 0 Å². The second kappa shape index (κ2) is 4.79. The first-order chi connectivity index (χ1) is 9.17. The number of carbonyl (C=O) groups is 1. The van der Waals surface area contributed by atoms with Crippen LogP contribution in [-0.4, -0.2) is 37.2 Å². The van der Waals surface area contributed by atoms with E-state index in [1.807, 2.05) is 12.1 Å². The lowest BCUT2D eigenvalue weighted by Crippen LogP contribution is -2.26. The summed E-state index contributed by atoms with van der Waals surface area (Å²) in [5, 5.41) is 0.977. The Balaban J connectivity index is 1.94. The Bertz CT molecular complexity index is 625. The van der Waals surface area contributed by atoms with Gasteiger partial charge in [0.2, 0.25) is 0 Å². The number of carbonyl (C=O) groups excluding carboxylic acids is 1. The Hall–Kier alpha value is -1.66. The highest BCUT2D eigenvalue weighted by atomic mass is 32.1. The quantitative estimate of drug-likeness (QED) is 0.845. The van der Waals surface area contributed by atoms with Gasteiger partial charge < -0.3 is 15.4 Å². The number of nitrogens with two attached hydrogens (primary N) is 1. The van der Waals surface area contributed by atoms with E-state index in [0.717, 1.165) is 34.9 Å². The van der Waals surface area contributed by atoms with Crippen molar-refractivity contribution in [3.63, 3.8) is 0 Å². The third kappa shape index (κ3) is 2.29. The molecule has 0 saturated carbocycles. The van der Waals surface area contributed by atoms with E-state index < -0.39 is 0 Å². The lowest BCUT2D eigenvalue weighted by atomic mass is 10.2. The van der Waals surface area contributed by atoms with Crippen molar-refractivity contribution in [3.05, 3.63) is 23.8 Å². The van der Waals surface area contributed by atoms with Gasteiger partial charge in [0.05, 0.1) is 22.9 Å². The topological polar surface area (TPSA) is 68.5 Å². The summed E-state index contributed by atoms with van der Waals surface area (Å²) in [5.41, 5.74) is 7.38. The van der Waals surface area contributed by atoms with Gasteiger partial charge in [0, 0.05) is 19.1 Å². The van der Waals surface area contributed by atoms with Crippen molar-refractivity contribution in [2.24, 2.45) is 5.73 Å². The van der Waals surface area contributed by atoms with Crippen LogP contribution in [0.5, 0.6) is 0 Å². The van der Waals surface area contributed by atoms with Crippen LogP contribution in [0.2, 0.25) is 0 Å². The van der Waals surface area contributed by atoms with Crippen LogP contribution in [0.1, 0.15) is 16.8 Å². The molecule has 0 amide bonds. The molecular formula is C13H15N3O2S. The molecule has 0 aliphatic carbocycles. The van der Waals surface area contributed by atoms with E-state index in [-0.39, 0.29) is 12.0 Å². The van der Waals surface area contributed by atoms with Gasteiger partial charge in [-0.25, -0.2) is 9.78 Å². The van der Waals surface area contributed by atoms with Crippen LogP contribution in [-0.2, 0) is 4.74 Å². The highest BCUT2D eigenvalue weighted by Crippen LogP contribution is 2.31. The highest BCUT2D eigenvalue weighted by Gasteiger charge is 2.22. The summed E-state index contributed by atoms with van der Waals surface area (Å²) in [4.78, 5) is 18.3. The molecule has 5 nitrogen and oxygen atoms in total. The summed E-state index contributed by atoms with van der Waals surface area (Å²) < 4.78 is 5.72. The van der Waals surface area contributed by atoms with Gasteiger partial charge in [-0.2, -0.15) is 0 Å². The molecule has 1 unspecified atom stereocenters. The number of aromatic nitrogens is 1. The Labute approximate surface area is 115 Å². The molecule has 1 saturated heterocycles. The average molecular weight is 277 g/mol. The normalized spacial score (nSPS) is 19.1. The SMILES string of the molecule is COC(=O)c1ccc2nc(N3CCC(N)C3)sc2c1. The van der Waals surface area contributed by atoms with Crippen molar-refractivity contribution < 1.29 is 9.53 Å². The van der Waals surface area contributed by atoms with Crippen LogP contribution < -0.4 is 10.6 Å². The first-order valence-electron chi connectivity index (χ1n) is 6.17. The van der Waals surface area contributed by atoms with E-state index in [1.54, 1.807) is 17.4 Å². The number of ether oxygens (including phenoxy) is 1. The third-order valence-electron chi connectivity index (χ3n) is 3.29. The second-order valence-electron chi connectivity index (χ2n) is 4.67. The van der Waals surface area contributed by atoms with E-state index in [1.165, 1.54) is 7.11 Å². The summed E-state index contributed by atoms with van der Waals surface area (Å²) >= 11 is 1.59. The molecule has 2 aromatic rings. The number of rotatable bonds is 2. The van der Waals surface area contributed by atoms with Gasteiger partial charge in [-0.05, 0) is 24.6 Å². The molecule has 0 spiro atoms. The molecule has 0 bridgehead atoms. The van der Waals surface area contributed by atoms with Gasteiger partial charge in [0.15, 0.2) is 5.13 Å². The maximum Gasteiger partial charge on any atom is 0.337 e. The fraction of sp³-hybridized carbons (Fsp3) is 0.385. The zero-order valence-corrected chi connectivity index (χ0v) is 11.4. The van der Waals surface area contributed by atoms with Gasteiger partial charge in [0.1, 0.15) is 0 Å². The Morgan fingerprint density at radius 1 is 1.58 bits per heavy atom. The molecule has 1 aromatic carbocycles. The summed E-state index contributed by atoms with van der Waals surface area (Å²) in [6, 6.07) is 5.67. The molecule has 1 atom stereocenters. The van der Waals surface area contributed by atoms with Gasteiger partial charge in [-0.3, -0.25) is 0 Å². The largest absolute Gasteiger partial charge is 0.465 e. The Morgan fingerprint density at radius 2 is 2.42 bits per heavy atom. The number of fused-ring (bicyclic) bond motifs is 1. The molecule has 0 radical (unpaired) electrons. The number of benzene rings is 1. The van der Waals surface area contributed by atoms with Crippen LogP contribution >= 0.6 is 11.3 Å². The van der Waals surface area contributed by atoms with E-state index in [4.69, 9.17) is 10.5 Å². The highest BCUT2D eigenvalue weighted by molar-refractivity contribution is 7.22. The van der Waals surface area contributed by atoms with Crippen molar-refractivity contribution in [2.45, 2.75) is 12.5 Å². The minimum absolute atomic E-state index is 0.234. The number of methoxy groups -OCH3 is 1. The van der Waals surface area contributed by atoms with Crippen LogP contribution in [0.25, 0.3) is 10.2 Å². The lowest BCUT2D eigenvalue weighted by Gasteiger charge is -2.12. The number of hydrogen-bond acceptors (Lipinski definition) is 6. The Morgan fingerprint density at radius 3 is 3.11 bits per heavy atom. The van der Waals surface area contributed by atoms with Crippen molar-refractivity contribution in [1.29, 1.82) is 0 Å². The fourth-order valence-electron chi connectivity index (χ4n) is 2.25. The predicted octanol–water partition coefficient (Wildman–Crippen LogP) is 1.62. The van der Waals surface area contributed by atoms with E-state index >= 15 is 0 Å². The summed E-state index contributed by atoms with van der Waals surface area (Å²) in [7, 11) is 1.39. The third-order valence-corrected chi connectivity index (χ3v) is 4.37. The molecule has 100 valence electrons. The van der Waals surface area contributed by atoms with E-state index in [2.05, 4.69) is 9.88 Å². The zero-order valence-electron chi connectivity index (χ0n) is 10.6. The van der Waals surface area contributed by atoms with Gasteiger partial charge in [0.25, 0.3) is 0 Å². The predicted molar refractivity (Wildman–Crippen MR) is 75.8 cm³/mol. The van der Waals surface area contributed by atoms with E-state index in [0.29, 0.717) is 5.56 Å². The summed E-state index contributed by atoms with van der Waals surface area (Å²) in [6.45, 7) is 1.80. The van der Waals surface area contributed by atoms with Crippen LogP contribution in [0.4, 0.5) is 5.13 Å².